The molecule has 11 heteroatoms. The molecule has 0 fully saturated rings. The zero-order valence-corrected chi connectivity index (χ0v) is 18.5. The Bertz CT molecular complexity index is 1150. The Balaban J connectivity index is 0.00000341. The summed E-state index contributed by atoms with van der Waals surface area (Å²) >= 11 is 0. The van der Waals surface area contributed by atoms with Crippen LogP contribution < -0.4 is 21.3 Å². The van der Waals surface area contributed by atoms with Crippen LogP contribution >= 0.6 is 0 Å². The number of hydrogen-bond donors (Lipinski definition) is 2. The maximum atomic E-state index is 13.4. The van der Waals surface area contributed by atoms with E-state index in [9.17, 15) is 23.6 Å². The molecule has 1 heterocycles. The van der Waals surface area contributed by atoms with Crippen LogP contribution in [0.15, 0.2) is 65.8 Å². The van der Waals surface area contributed by atoms with Gasteiger partial charge in [-0.2, -0.15) is 0 Å². The number of aromatic nitrogens is 2. The van der Waals surface area contributed by atoms with E-state index in [2.05, 4.69) is 4.98 Å². The zero-order valence-electron chi connectivity index (χ0n) is 17.0. The van der Waals surface area contributed by atoms with E-state index in [4.69, 9.17) is 0 Å². The summed E-state index contributed by atoms with van der Waals surface area (Å²) in [4.78, 5) is 13.6. The molecule has 0 saturated heterocycles. The smallest absolute Gasteiger partial charge is 0.271 e. The van der Waals surface area contributed by atoms with Gasteiger partial charge in [0.1, 0.15) is 25.0 Å². The van der Waals surface area contributed by atoms with Crippen LogP contribution in [0.1, 0.15) is 11.4 Å². The van der Waals surface area contributed by atoms with Crippen LogP contribution in [-0.4, -0.2) is 36.1 Å². The molecule has 1 aromatic heterocycles. The van der Waals surface area contributed by atoms with Gasteiger partial charge in [-0.15, -0.1) is 0 Å². The summed E-state index contributed by atoms with van der Waals surface area (Å²) in [6.45, 7) is 3.56. The van der Waals surface area contributed by atoms with Crippen LogP contribution in [0.5, 0.6) is 0 Å². The summed E-state index contributed by atoms with van der Waals surface area (Å²) in [6, 6.07) is 11.7. The molecule has 1 atom stereocenters. The van der Waals surface area contributed by atoms with Crippen LogP contribution in [0, 0.1) is 24.0 Å². The van der Waals surface area contributed by atoms with Crippen molar-refractivity contribution in [3.05, 3.63) is 82.4 Å². The molecule has 0 aliphatic carbocycles. The lowest BCUT2D eigenvalue weighted by Gasteiger charge is -2.26. The highest BCUT2D eigenvalue weighted by atomic mass is 35.5. The Kier molecular flexibility index (Phi) is 7.77. The minimum absolute atomic E-state index is 0. The molecular formula is C20H23ClN4O5S. The molecule has 0 saturated carbocycles. The number of aryl methyl sites for hydroxylation is 2. The molecule has 0 amide bonds. The van der Waals surface area contributed by atoms with Crippen molar-refractivity contribution in [1.29, 1.82) is 0 Å². The minimum atomic E-state index is -4.06. The topological polar surface area (TPSA) is 120 Å². The number of non-ortho nitro benzene ring substituents is 1. The van der Waals surface area contributed by atoms with Crippen molar-refractivity contribution >= 4 is 21.4 Å². The lowest BCUT2D eigenvalue weighted by Crippen LogP contribution is -3.00. The quantitative estimate of drug-likeness (QED) is 0.253. The number of rotatable bonds is 8. The standard InChI is InChI=1S/C20H22N4O5S.ClH/c1-15-6-8-20(9-7-15)30(28,29)23(17-4-3-5-18(12-17)24(26)27)14-19(25)13-22-11-10-21-16(22)2;/h3-12,19,25H,13-14H2,1-2H3;1H. The lowest BCUT2D eigenvalue weighted by molar-refractivity contribution is -0.707. The number of aliphatic hydroxyl groups is 1. The average molecular weight is 467 g/mol. The highest BCUT2D eigenvalue weighted by Crippen LogP contribution is 2.27. The maximum Gasteiger partial charge on any atom is 0.271 e. The predicted octanol–water partition coefficient (Wildman–Crippen LogP) is -0.912. The van der Waals surface area contributed by atoms with Gasteiger partial charge >= 0.3 is 0 Å². The second kappa shape index (κ2) is 9.90. The van der Waals surface area contributed by atoms with E-state index in [1.807, 2.05) is 13.8 Å². The molecule has 166 valence electrons. The number of nitrogens with zero attached hydrogens (tertiary/aromatic N) is 3. The van der Waals surface area contributed by atoms with Gasteiger partial charge in [0, 0.05) is 19.1 Å². The van der Waals surface area contributed by atoms with Gasteiger partial charge in [0.25, 0.3) is 21.5 Å². The highest BCUT2D eigenvalue weighted by molar-refractivity contribution is 7.92. The van der Waals surface area contributed by atoms with Crippen LogP contribution in [0.4, 0.5) is 11.4 Å². The largest absolute Gasteiger partial charge is 1.00 e. The van der Waals surface area contributed by atoms with E-state index in [1.165, 1.54) is 36.4 Å². The normalized spacial score (nSPS) is 12.1. The number of imidazole rings is 1. The van der Waals surface area contributed by atoms with Crippen molar-refractivity contribution in [2.24, 2.45) is 0 Å². The molecule has 0 aliphatic rings. The van der Waals surface area contributed by atoms with Crippen LogP contribution in [0.3, 0.4) is 0 Å². The molecule has 3 aromatic rings. The first-order valence-electron chi connectivity index (χ1n) is 9.24. The summed E-state index contributed by atoms with van der Waals surface area (Å²) in [6.07, 6.45) is 2.40. The van der Waals surface area contributed by atoms with Gasteiger partial charge in [-0.05, 0) is 25.1 Å². The summed E-state index contributed by atoms with van der Waals surface area (Å²) in [5.41, 5.74) is 0.775. The summed E-state index contributed by atoms with van der Waals surface area (Å²) < 4.78 is 29.5. The summed E-state index contributed by atoms with van der Waals surface area (Å²) in [7, 11) is -4.06. The number of aromatic amines is 1. The van der Waals surface area contributed by atoms with Gasteiger partial charge in [-0.3, -0.25) is 14.4 Å². The van der Waals surface area contributed by atoms with E-state index in [1.54, 1.807) is 29.1 Å². The lowest BCUT2D eigenvalue weighted by atomic mass is 10.2. The molecule has 3 rings (SSSR count). The molecule has 2 aromatic carbocycles. The maximum absolute atomic E-state index is 13.4. The third-order valence-corrected chi connectivity index (χ3v) is 6.51. The van der Waals surface area contributed by atoms with Gasteiger partial charge in [-0.1, -0.05) is 23.8 Å². The number of H-pyrrole nitrogens is 1. The fourth-order valence-electron chi connectivity index (χ4n) is 3.06. The minimum Gasteiger partial charge on any atom is -1.00 e. The van der Waals surface area contributed by atoms with Gasteiger partial charge in [-0.25, -0.2) is 18.0 Å². The molecule has 2 N–H and O–H groups in total. The molecule has 1 unspecified atom stereocenters. The molecule has 0 radical (unpaired) electrons. The number of sulfonamides is 1. The Morgan fingerprint density at radius 2 is 1.87 bits per heavy atom. The first-order chi connectivity index (χ1) is 14.2. The number of anilines is 1. The second-order valence-corrected chi connectivity index (χ2v) is 8.84. The highest BCUT2D eigenvalue weighted by Gasteiger charge is 2.29. The van der Waals surface area contributed by atoms with E-state index in [-0.39, 0.29) is 41.8 Å². The van der Waals surface area contributed by atoms with E-state index < -0.39 is 21.1 Å². The predicted molar refractivity (Wildman–Crippen MR) is 111 cm³/mol. The van der Waals surface area contributed by atoms with E-state index in [0.29, 0.717) is 0 Å². The molecule has 9 nitrogen and oxygen atoms in total. The fraction of sp³-hybridized carbons (Fsp3) is 0.250. The van der Waals surface area contributed by atoms with Crippen molar-refractivity contribution in [3.63, 3.8) is 0 Å². The summed E-state index contributed by atoms with van der Waals surface area (Å²) in [5, 5.41) is 21.8. The molecule has 0 spiro atoms. The molecule has 0 aliphatic heterocycles. The third kappa shape index (κ3) is 5.60. The van der Waals surface area contributed by atoms with Crippen molar-refractivity contribution in [2.45, 2.75) is 31.4 Å². The number of aliphatic hydroxyl groups excluding tert-OH is 1. The van der Waals surface area contributed by atoms with E-state index in [0.717, 1.165) is 15.7 Å². The molecule has 31 heavy (non-hydrogen) atoms. The number of hydrogen-bond acceptors (Lipinski definition) is 5. The van der Waals surface area contributed by atoms with Gasteiger partial charge in [0.15, 0.2) is 0 Å². The van der Waals surface area contributed by atoms with Crippen LogP contribution in [0.25, 0.3) is 0 Å². The van der Waals surface area contributed by atoms with Gasteiger partial charge < -0.3 is 17.5 Å². The second-order valence-electron chi connectivity index (χ2n) is 6.98. The summed E-state index contributed by atoms with van der Waals surface area (Å²) in [5.74, 6) is 0.803. The third-order valence-electron chi connectivity index (χ3n) is 4.70. The average Bonchev–Trinajstić information content (AvgIpc) is 3.11. The van der Waals surface area contributed by atoms with Crippen molar-refractivity contribution in [1.82, 2.24) is 4.98 Å². The molecule has 0 bridgehead atoms. The van der Waals surface area contributed by atoms with Crippen molar-refractivity contribution < 1.29 is 35.4 Å². The Morgan fingerprint density at radius 3 is 2.45 bits per heavy atom. The van der Waals surface area contributed by atoms with E-state index >= 15 is 0 Å². The zero-order chi connectivity index (χ0) is 21.9. The van der Waals surface area contributed by atoms with Crippen molar-refractivity contribution in [3.8, 4) is 0 Å². The SMILES string of the molecule is Cc1ccc(S(=O)(=O)N(CC(O)C[n+]2cc[nH]c2C)c2cccc([N+](=O)[O-])c2)cc1.[Cl-]. The van der Waals surface area contributed by atoms with Crippen LogP contribution in [0.2, 0.25) is 0 Å². The number of benzene rings is 2. The number of nitro benzene ring substituents is 1. The number of halogens is 1. The monoisotopic (exact) mass is 466 g/mol. The van der Waals surface area contributed by atoms with Gasteiger partial charge in [0.05, 0.1) is 22.1 Å². The number of nitrogens with one attached hydrogen (secondary N) is 1. The number of nitro groups is 1. The Hall–Kier alpha value is -2.95. The first-order valence-corrected chi connectivity index (χ1v) is 10.7. The Labute approximate surface area is 186 Å². The molecular weight excluding hydrogens is 444 g/mol. The Morgan fingerprint density at radius 1 is 1.19 bits per heavy atom. The fourth-order valence-corrected chi connectivity index (χ4v) is 4.55. The van der Waals surface area contributed by atoms with Crippen molar-refractivity contribution in [2.75, 3.05) is 10.8 Å². The van der Waals surface area contributed by atoms with Gasteiger partial charge in [0.2, 0.25) is 0 Å². The first kappa shape index (κ1) is 24.3. The van der Waals surface area contributed by atoms with Crippen LogP contribution in [-0.2, 0) is 16.6 Å².